The van der Waals surface area contributed by atoms with Crippen molar-refractivity contribution in [2.45, 2.75) is 6.42 Å². The van der Waals surface area contributed by atoms with Gasteiger partial charge in [-0.25, -0.2) is 13.2 Å². The highest BCUT2D eigenvalue weighted by atomic mass is 35.5. The Morgan fingerprint density at radius 3 is 2.67 bits per heavy atom. The van der Waals surface area contributed by atoms with Crippen LogP contribution in [0.3, 0.4) is 0 Å². The molecular weight excluding hydrogens is 280 g/mol. The van der Waals surface area contributed by atoms with E-state index in [1.165, 1.54) is 18.2 Å². The average molecular weight is 293 g/mol. The third kappa shape index (κ3) is 4.93. The summed E-state index contributed by atoms with van der Waals surface area (Å²) in [5, 5.41) is 9.28. The Hall–Kier alpha value is -1.27. The molecular formula is C11H13ClO5S. The lowest BCUT2D eigenvalue weighted by molar-refractivity contribution is 0.0692. The van der Waals surface area contributed by atoms with Crippen molar-refractivity contribution in [2.75, 3.05) is 18.6 Å². The maximum Gasteiger partial charge on any atom is 0.339 e. The number of hydrogen-bond donors (Lipinski definition) is 1. The third-order valence-electron chi connectivity index (χ3n) is 2.09. The van der Waals surface area contributed by atoms with Crippen LogP contribution in [0.15, 0.2) is 18.2 Å². The molecule has 0 heterocycles. The second kappa shape index (κ2) is 6.06. The lowest BCUT2D eigenvalue weighted by Gasteiger charge is -2.09. The Labute approximate surface area is 110 Å². The molecule has 0 amide bonds. The van der Waals surface area contributed by atoms with Crippen molar-refractivity contribution in [1.29, 1.82) is 0 Å². The molecule has 5 nitrogen and oxygen atoms in total. The van der Waals surface area contributed by atoms with Crippen molar-refractivity contribution in [3.8, 4) is 5.75 Å². The molecule has 0 spiro atoms. The molecule has 100 valence electrons. The smallest absolute Gasteiger partial charge is 0.339 e. The summed E-state index contributed by atoms with van der Waals surface area (Å²) in [5.41, 5.74) is -0.00115. The van der Waals surface area contributed by atoms with Gasteiger partial charge in [0.15, 0.2) is 0 Å². The molecule has 18 heavy (non-hydrogen) atoms. The standard InChI is InChI=1S/C11H13ClO5S/c1-18(15,16)6-2-5-17-10-7-8(12)3-4-9(10)11(13)14/h3-4,7H,2,5-6H2,1H3,(H,13,14). The van der Waals surface area contributed by atoms with Gasteiger partial charge in [0.2, 0.25) is 0 Å². The van der Waals surface area contributed by atoms with Crippen LogP contribution in [0.4, 0.5) is 0 Å². The molecule has 1 aromatic carbocycles. The number of sulfone groups is 1. The first-order chi connectivity index (χ1) is 8.29. The summed E-state index contributed by atoms with van der Waals surface area (Å²) in [6.07, 6.45) is 1.43. The topological polar surface area (TPSA) is 80.7 Å². The highest BCUT2D eigenvalue weighted by molar-refractivity contribution is 7.90. The van der Waals surface area contributed by atoms with Crippen molar-refractivity contribution in [2.24, 2.45) is 0 Å². The number of carboxylic acids is 1. The molecule has 7 heteroatoms. The van der Waals surface area contributed by atoms with Crippen LogP contribution in [0.25, 0.3) is 0 Å². The highest BCUT2D eigenvalue weighted by Gasteiger charge is 2.12. The van der Waals surface area contributed by atoms with E-state index in [0.29, 0.717) is 11.4 Å². The van der Waals surface area contributed by atoms with E-state index in [-0.39, 0.29) is 23.7 Å². The zero-order chi connectivity index (χ0) is 13.8. The Morgan fingerprint density at radius 1 is 1.44 bits per heavy atom. The van der Waals surface area contributed by atoms with Crippen LogP contribution in [0.1, 0.15) is 16.8 Å². The number of benzene rings is 1. The number of aromatic carboxylic acids is 1. The molecule has 0 bridgehead atoms. The van der Waals surface area contributed by atoms with Crippen LogP contribution in [0.5, 0.6) is 5.75 Å². The minimum absolute atomic E-state index is 0.00115. The first-order valence-corrected chi connectivity index (χ1v) is 7.57. The maximum atomic E-state index is 10.9. The quantitative estimate of drug-likeness (QED) is 0.809. The molecule has 1 aromatic rings. The zero-order valence-corrected chi connectivity index (χ0v) is 11.3. The van der Waals surface area contributed by atoms with Crippen LogP contribution < -0.4 is 4.74 Å². The normalized spacial score (nSPS) is 11.2. The fourth-order valence-electron chi connectivity index (χ4n) is 1.30. The molecule has 0 aliphatic rings. The number of carboxylic acid groups (broad SMARTS) is 1. The van der Waals surface area contributed by atoms with Crippen molar-refractivity contribution in [1.82, 2.24) is 0 Å². The van der Waals surface area contributed by atoms with E-state index in [0.717, 1.165) is 6.26 Å². The first-order valence-electron chi connectivity index (χ1n) is 5.13. The minimum Gasteiger partial charge on any atom is -0.493 e. The Bertz CT molecular complexity index is 538. The molecule has 0 aromatic heterocycles. The van der Waals surface area contributed by atoms with Gasteiger partial charge in [0.05, 0.1) is 12.4 Å². The van der Waals surface area contributed by atoms with Crippen LogP contribution in [0.2, 0.25) is 5.02 Å². The average Bonchev–Trinajstić information content (AvgIpc) is 2.22. The van der Waals surface area contributed by atoms with E-state index < -0.39 is 15.8 Å². The largest absolute Gasteiger partial charge is 0.493 e. The zero-order valence-electron chi connectivity index (χ0n) is 9.72. The summed E-state index contributed by atoms with van der Waals surface area (Å²) < 4.78 is 27.0. The molecule has 0 saturated carbocycles. The Kier molecular flexibility index (Phi) is 4.98. The summed E-state index contributed by atoms with van der Waals surface area (Å²) in [5.74, 6) is -0.982. The monoisotopic (exact) mass is 292 g/mol. The van der Waals surface area contributed by atoms with E-state index in [9.17, 15) is 13.2 Å². The van der Waals surface area contributed by atoms with Crippen LogP contribution in [-0.4, -0.2) is 38.1 Å². The van der Waals surface area contributed by atoms with Crippen molar-refractivity contribution < 1.29 is 23.1 Å². The molecule has 0 aliphatic carbocycles. The van der Waals surface area contributed by atoms with Gasteiger partial charge in [-0.3, -0.25) is 0 Å². The van der Waals surface area contributed by atoms with Gasteiger partial charge in [-0.2, -0.15) is 0 Å². The van der Waals surface area contributed by atoms with E-state index in [4.69, 9.17) is 21.4 Å². The van der Waals surface area contributed by atoms with Crippen LogP contribution >= 0.6 is 11.6 Å². The minimum atomic E-state index is -3.04. The summed E-state index contributed by atoms with van der Waals surface area (Å²) in [6, 6.07) is 4.19. The first kappa shape index (κ1) is 14.8. The van der Waals surface area contributed by atoms with E-state index in [2.05, 4.69) is 0 Å². The molecule has 0 fully saturated rings. The van der Waals surface area contributed by atoms with Crippen molar-refractivity contribution >= 4 is 27.4 Å². The van der Waals surface area contributed by atoms with Gasteiger partial charge in [-0.1, -0.05) is 11.6 Å². The van der Waals surface area contributed by atoms with Crippen LogP contribution in [0, 0.1) is 0 Å². The predicted molar refractivity (Wildman–Crippen MR) is 68.2 cm³/mol. The predicted octanol–water partition coefficient (Wildman–Crippen LogP) is 1.85. The molecule has 1 N–H and O–H groups in total. The third-order valence-corrected chi connectivity index (χ3v) is 3.36. The summed E-state index contributed by atoms with van der Waals surface area (Å²) in [7, 11) is -3.04. The summed E-state index contributed by atoms with van der Waals surface area (Å²) >= 11 is 5.74. The van der Waals surface area contributed by atoms with Crippen LogP contribution in [-0.2, 0) is 9.84 Å². The number of ether oxygens (including phenoxy) is 1. The molecule has 0 radical (unpaired) electrons. The van der Waals surface area contributed by atoms with Crippen molar-refractivity contribution in [3.63, 3.8) is 0 Å². The van der Waals surface area contributed by atoms with E-state index in [1.807, 2.05) is 0 Å². The molecule has 0 saturated heterocycles. The number of hydrogen-bond acceptors (Lipinski definition) is 4. The summed E-state index contributed by atoms with van der Waals surface area (Å²) in [6.45, 7) is 0.119. The number of rotatable bonds is 6. The van der Waals surface area contributed by atoms with Crippen molar-refractivity contribution in [3.05, 3.63) is 28.8 Å². The van der Waals surface area contributed by atoms with Gasteiger partial charge in [-0.05, 0) is 24.6 Å². The van der Waals surface area contributed by atoms with Gasteiger partial charge >= 0.3 is 5.97 Å². The van der Waals surface area contributed by atoms with Gasteiger partial charge in [0.25, 0.3) is 0 Å². The Balaban J connectivity index is 2.66. The fourth-order valence-corrected chi connectivity index (χ4v) is 2.10. The number of halogens is 1. The maximum absolute atomic E-state index is 10.9. The molecule has 0 aliphatic heterocycles. The second-order valence-corrected chi connectivity index (χ2v) is 6.47. The SMILES string of the molecule is CS(=O)(=O)CCCOc1cc(Cl)ccc1C(=O)O. The molecule has 0 unspecified atom stereocenters. The van der Waals surface area contributed by atoms with Gasteiger partial charge in [0, 0.05) is 11.3 Å². The van der Waals surface area contributed by atoms with Gasteiger partial charge in [-0.15, -0.1) is 0 Å². The Morgan fingerprint density at radius 2 is 2.11 bits per heavy atom. The van der Waals surface area contributed by atoms with Gasteiger partial charge in [0.1, 0.15) is 21.2 Å². The second-order valence-electron chi connectivity index (χ2n) is 3.78. The lowest BCUT2D eigenvalue weighted by atomic mass is 10.2. The number of carbonyl (C=O) groups is 1. The highest BCUT2D eigenvalue weighted by Crippen LogP contribution is 2.23. The fraction of sp³-hybridized carbons (Fsp3) is 0.364. The summed E-state index contributed by atoms with van der Waals surface area (Å²) in [4.78, 5) is 10.9. The molecule has 0 atom stereocenters. The van der Waals surface area contributed by atoms with E-state index >= 15 is 0 Å². The van der Waals surface area contributed by atoms with E-state index in [1.54, 1.807) is 0 Å². The van der Waals surface area contributed by atoms with Gasteiger partial charge < -0.3 is 9.84 Å². The lowest BCUT2D eigenvalue weighted by Crippen LogP contribution is -2.09. The molecule has 1 rings (SSSR count).